The van der Waals surface area contributed by atoms with Crippen LogP contribution in [0.1, 0.15) is 17.2 Å². The monoisotopic (exact) mass is 224 g/mol. The van der Waals surface area contributed by atoms with E-state index in [9.17, 15) is 0 Å². The number of hydrazine groups is 1. The summed E-state index contributed by atoms with van der Waals surface area (Å²) in [4.78, 5) is 0. The van der Waals surface area contributed by atoms with Gasteiger partial charge in [-0.05, 0) is 12.5 Å². The molecule has 0 saturated heterocycles. The lowest BCUT2D eigenvalue weighted by atomic mass is 10.1. The first kappa shape index (κ1) is 13.1. The molecule has 0 saturated carbocycles. The Kier molecular flexibility index (Phi) is 6.03. The maximum atomic E-state index is 5.50. The van der Waals surface area contributed by atoms with E-state index in [4.69, 9.17) is 15.3 Å². The molecule has 0 aliphatic rings. The molecule has 0 aliphatic heterocycles. The van der Waals surface area contributed by atoms with Crippen molar-refractivity contribution in [3.63, 3.8) is 0 Å². The van der Waals surface area contributed by atoms with Gasteiger partial charge in [0, 0.05) is 7.11 Å². The highest BCUT2D eigenvalue weighted by Crippen LogP contribution is 2.13. The van der Waals surface area contributed by atoms with E-state index in [-0.39, 0.29) is 6.04 Å². The molecule has 16 heavy (non-hydrogen) atoms. The molecule has 1 unspecified atom stereocenters. The normalized spacial score (nSPS) is 12.7. The number of hydrogen-bond acceptors (Lipinski definition) is 4. The zero-order valence-corrected chi connectivity index (χ0v) is 9.90. The third-order valence-corrected chi connectivity index (χ3v) is 2.40. The average Bonchev–Trinajstić information content (AvgIpc) is 2.31. The molecule has 4 heteroatoms. The Labute approximate surface area is 96.7 Å². The molecule has 1 aromatic rings. The highest BCUT2D eigenvalue weighted by molar-refractivity contribution is 5.24. The summed E-state index contributed by atoms with van der Waals surface area (Å²) in [5.41, 5.74) is 5.11. The van der Waals surface area contributed by atoms with Crippen LogP contribution in [0.4, 0.5) is 0 Å². The third kappa shape index (κ3) is 4.28. The Morgan fingerprint density at radius 1 is 1.25 bits per heavy atom. The highest BCUT2D eigenvalue weighted by atomic mass is 16.5. The molecule has 0 spiro atoms. The minimum atomic E-state index is 0.0254. The number of aryl methyl sites for hydroxylation is 1. The smallest absolute Gasteiger partial charge is 0.0701 e. The summed E-state index contributed by atoms with van der Waals surface area (Å²) in [5, 5.41) is 0. The predicted molar refractivity (Wildman–Crippen MR) is 63.9 cm³/mol. The summed E-state index contributed by atoms with van der Waals surface area (Å²) in [7, 11) is 1.65. The summed E-state index contributed by atoms with van der Waals surface area (Å²) in [6.45, 7) is 3.79. The van der Waals surface area contributed by atoms with Crippen molar-refractivity contribution in [2.75, 3.05) is 26.9 Å². The fourth-order valence-electron chi connectivity index (χ4n) is 1.38. The molecule has 4 nitrogen and oxygen atoms in total. The van der Waals surface area contributed by atoms with Crippen LogP contribution >= 0.6 is 0 Å². The SMILES string of the molecule is COCCOCC(NN)c1ccc(C)cc1. The number of rotatable bonds is 7. The number of nitrogens with one attached hydrogen (secondary N) is 1. The van der Waals surface area contributed by atoms with Crippen molar-refractivity contribution in [3.05, 3.63) is 35.4 Å². The predicted octanol–water partition coefficient (Wildman–Crippen LogP) is 1.16. The first-order valence-corrected chi connectivity index (χ1v) is 5.37. The average molecular weight is 224 g/mol. The van der Waals surface area contributed by atoms with Crippen molar-refractivity contribution >= 4 is 0 Å². The molecule has 1 aromatic carbocycles. The Hall–Kier alpha value is -0.940. The van der Waals surface area contributed by atoms with Crippen molar-refractivity contribution in [1.82, 2.24) is 5.43 Å². The summed E-state index contributed by atoms with van der Waals surface area (Å²) in [5.74, 6) is 5.50. The van der Waals surface area contributed by atoms with Gasteiger partial charge >= 0.3 is 0 Å². The van der Waals surface area contributed by atoms with Crippen LogP contribution in [-0.2, 0) is 9.47 Å². The Morgan fingerprint density at radius 2 is 1.94 bits per heavy atom. The van der Waals surface area contributed by atoms with Gasteiger partial charge < -0.3 is 9.47 Å². The standard InChI is InChI=1S/C12H20N2O2/c1-10-3-5-11(6-4-10)12(14-13)9-16-8-7-15-2/h3-6,12,14H,7-9,13H2,1-2H3. The van der Waals surface area contributed by atoms with E-state index in [1.165, 1.54) is 5.56 Å². The van der Waals surface area contributed by atoms with E-state index in [1.807, 2.05) is 0 Å². The molecule has 0 amide bonds. The van der Waals surface area contributed by atoms with Crippen LogP contribution in [0.2, 0.25) is 0 Å². The molecule has 3 N–H and O–H groups in total. The van der Waals surface area contributed by atoms with Crippen molar-refractivity contribution in [2.45, 2.75) is 13.0 Å². The van der Waals surface area contributed by atoms with Crippen LogP contribution < -0.4 is 11.3 Å². The fraction of sp³-hybridized carbons (Fsp3) is 0.500. The molecule has 1 atom stereocenters. The lowest BCUT2D eigenvalue weighted by molar-refractivity contribution is 0.0586. The number of nitrogens with two attached hydrogens (primary N) is 1. The van der Waals surface area contributed by atoms with Gasteiger partial charge in [-0.3, -0.25) is 11.3 Å². The number of methoxy groups -OCH3 is 1. The number of benzene rings is 1. The third-order valence-electron chi connectivity index (χ3n) is 2.40. The molecule has 0 aliphatic carbocycles. The molecular formula is C12H20N2O2. The summed E-state index contributed by atoms with van der Waals surface area (Å²) in [6.07, 6.45) is 0. The van der Waals surface area contributed by atoms with Crippen molar-refractivity contribution in [1.29, 1.82) is 0 Å². The first-order valence-electron chi connectivity index (χ1n) is 5.37. The number of hydrogen-bond donors (Lipinski definition) is 2. The van der Waals surface area contributed by atoms with E-state index >= 15 is 0 Å². The van der Waals surface area contributed by atoms with Crippen LogP contribution in [-0.4, -0.2) is 26.9 Å². The maximum Gasteiger partial charge on any atom is 0.0701 e. The van der Waals surface area contributed by atoms with E-state index in [0.29, 0.717) is 19.8 Å². The van der Waals surface area contributed by atoms with E-state index in [0.717, 1.165) is 5.56 Å². The van der Waals surface area contributed by atoms with Gasteiger partial charge in [-0.15, -0.1) is 0 Å². The van der Waals surface area contributed by atoms with Crippen LogP contribution in [0.5, 0.6) is 0 Å². The summed E-state index contributed by atoms with van der Waals surface area (Å²) < 4.78 is 10.3. The largest absolute Gasteiger partial charge is 0.382 e. The fourth-order valence-corrected chi connectivity index (χ4v) is 1.38. The van der Waals surface area contributed by atoms with Gasteiger partial charge in [-0.25, -0.2) is 0 Å². The zero-order chi connectivity index (χ0) is 11.8. The lowest BCUT2D eigenvalue weighted by Gasteiger charge is -2.16. The van der Waals surface area contributed by atoms with Crippen LogP contribution in [0.15, 0.2) is 24.3 Å². The molecule has 0 aromatic heterocycles. The minimum absolute atomic E-state index is 0.0254. The van der Waals surface area contributed by atoms with Crippen molar-refractivity contribution < 1.29 is 9.47 Å². The van der Waals surface area contributed by atoms with Gasteiger partial charge in [0.25, 0.3) is 0 Å². The second kappa shape index (κ2) is 7.35. The highest BCUT2D eigenvalue weighted by Gasteiger charge is 2.08. The molecule has 1 rings (SSSR count). The number of ether oxygens (including phenoxy) is 2. The van der Waals surface area contributed by atoms with Crippen molar-refractivity contribution in [3.8, 4) is 0 Å². The zero-order valence-electron chi connectivity index (χ0n) is 9.90. The van der Waals surface area contributed by atoms with E-state index in [1.54, 1.807) is 7.11 Å². The maximum absolute atomic E-state index is 5.50. The minimum Gasteiger partial charge on any atom is -0.382 e. The lowest BCUT2D eigenvalue weighted by Crippen LogP contribution is -2.31. The second-order valence-electron chi connectivity index (χ2n) is 3.70. The van der Waals surface area contributed by atoms with E-state index < -0.39 is 0 Å². The van der Waals surface area contributed by atoms with Crippen LogP contribution in [0, 0.1) is 6.92 Å². The molecule has 0 fully saturated rings. The quantitative estimate of drug-likeness (QED) is 0.414. The Bertz CT molecular complexity index is 288. The van der Waals surface area contributed by atoms with Gasteiger partial charge in [0.1, 0.15) is 0 Å². The van der Waals surface area contributed by atoms with Gasteiger partial charge in [0.15, 0.2) is 0 Å². The second-order valence-corrected chi connectivity index (χ2v) is 3.70. The van der Waals surface area contributed by atoms with Crippen molar-refractivity contribution in [2.24, 2.45) is 5.84 Å². The molecule has 0 bridgehead atoms. The Morgan fingerprint density at radius 3 is 2.50 bits per heavy atom. The van der Waals surface area contributed by atoms with Gasteiger partial charge in [0.05, 0.1) is 25.9 Å². The topological polar surface area (TPSA) is 56.5 Å². The van der Waals surface area contributed by atoms with Gasteiger partial charge in [0.2, 0.25) is 0 Å². The van der Waals surface area contributed by atoms with Gasteiger partial charge in [-0.2, -0.15) is 0 Å². The molecule has 0 radical (unpaired) electrons. The first-order chi connectivity index (χ1) is 7.77. The van der Waals surface area contributed by atoms with Crippen LogP contribution in [0.25, 0.3) is 0 Å². The molecular weight excluding hydrogens is 204 g/mol. The van der Waals surface area contributed by atoms with Gasteiger partial charge in [-0.1, -0.05) is 29.8 Å². The van der Waals surface area contributed by atoms with Crippen LogP contribution in [0.3, 0.4) is 0 Å². The van der Waals surface area contributed by atoms with E-state index in [2.05, 4.69) is 36.6 Å². The Balaban J connectivity index is 2.44. The summed E-state index contributed by atoms with van der Waals surface area (Å²) in [6, 6.07) is 8.26. The summed E-state index contributed by atoms with van der Waals surface area (Å²) >= 11 is 0. The molecule has 90 valence electrons. The molecule has 0 heterocycles.